The summed E-state index contributed by atoms with van der Waals surface area (Å²) in [5.41, 5.74) is 1.83. The van der Waals surface area contributed by atoms with E-state index in [1.54, 1.807) is 19.9 Å². The molecule has 0 spiro atoms. The van der Waals surface area contributed by atoms with Gasteiger partial charge in [0.1, 0.15) is 5.71 Å². The highest BCUT2D eigenvalue weighted by Crippen LogP contribution is 2.27. The first-order chi connectivity index (χ1) is 15.9. The third kappa shape index (κ3) is 5.37. The number of carboxylic acids is 1. The van der Waals surface area contributed by atoms with Gasteiger partial charge in [-0.3, -0.25) is 4.79 Å². The van der Waals surface area contributed by atoms with Gasteiger partial charge in [0.05, 0.1) is 11.9 Å². The summed E-state index contributed by atoms with van der Waals surface area (Å²) in [6.45, 7) is 8.60. The van der Waals surface area contributed by atoms with Crippen LogP contribution in [0.1, 0.15) is 42.8 Å². The Morgan fingerprint density at radius 3 is 2.53 bits per heavy atom. The number of aromatic nitrogens is 3. The molecule has 1 aromatic carbocycles. The molecule has 3 rings (SSSR count). The number of aliphatic carboxylic acids is 1. The number of aliphatic imine (C=N–C) groups is 1. The average molecular weight is 490 g/mol. The zero-order chi connectivity index (χ0) is 25.2. The number of hydrogen-bond acceptors (Lipinski definition) is 9. The van der Waals surface area contributed by atoms with Crippen LogP contribution in [0.4, 0.5) is 11.4 Å². The molecule has 0 saturated heterocycles. The summed E-state index contributed by atoms with van der Waals surface area (Å²) in [5, 5.41) is 21.5. The van der Waals surface area contributed by atoms with Crippen LogP contribution in [0.3, 0.4) is 0 Å². The van der Waals surface area contributed by atoms with Crippen molar-refractivity contribution in [3.05, 3.63) is 35.4 Å². The quantitative estimate of drug-likeness (QED) is 0.471. The van der Waals surface area contributed by atoms with Crippen molar-refractivity contribution in [2.45, 2.75) is 27.7 Å². The fourth-order valence-corrected chi connectivity index (χ4v) is 3.81. The average Bonchev–Trinajstić information content (AvgIpc) is 3.31. The number of rotatable bonds is 10. The van der Waals surface area contributed by atoms with E-state index in [2.05, 4.69) is 25.0 Å². The lowest BCUT2D eigenvalue weighted by molar-refractivity contribution is -0.129. The Bertz CT molecular complexity index is 1290. The van der Waals surface area contributed by atoms with Crippen LogP contribution in [-0.2, 0) is 14.8 Å². The number of hydrogen-bond donors (Lipinski definition) is 2. The van der Waals surface area contributed by atoms with E-state index in [4.69, 9.17) is 0 Å². The molecule has 0 radical (unpaired) electrons. The van der Waals surface area contributed by atoms with Gasteiger partial charge in [-0.05, 0) is 37.6 Å². The van der Waals surface area contributed by atoms with Gasteiger partial charge in [0.15, 0.2) is 5.71 Å². The summed E-state index contributed by atoms with van der Waals surface area (Å²) in [5.74, 6) is -1.91. The predicted molar refractivity (Wildman–Crippen MR) is 128 cm³/mol. The molecule has 0 atom stereocenters. The van der Waals surface area contributed by atoms with Crippen molar-refractivity contribution in [3.63, 3.8) is 0 Å². The third-order valence-corrected chi connectivity index (χ3v) is 5.86. The number of aryl methyl sites for hydroxylation is 1. The van der Waals surface area contributed by atoms with Gasteiger partial charge < -0.3 is 10.0 Å². The third-order valence-electron chi connectivity index (χ3n) is 5.13. The van der Waals surface area contributed by atoms with Crippen LogP contribution in [0.5, 0.6) is 0 Å². The Kier molecular flexibility index (Phi) is 7.26. The van der Waals surface area contributed by atoms with Crippen LogP contribution in [0, 0.1) is 12.8 Å². The second-order valence-corrected chi connectivity index (χ2v) is 9.94. The molecule has 0 bridgehead atoms. The summed E-state index contributed by atoms with van der Waals surface area (Å²) in [6, 6.07) is 5.44. The van der Waals surface area contributed by atoms with Crippen molar-refractivity contribution >= 4 is 44.6 Å². The fraction of sp³-hybridized carbons (Fsp3) is 0.429. The molecule has 34 heavy (non-hydrogen) atoms. The molecule has 0 amide bonds. The minimum atomic E-state index is -3.27. The van der Waals surface area contributed by atoms with E-state index >= 15 is 0 Å². The van der Waals surface area contributed by atoms with Crippen molar-refractivity contribution in [1.29, 1.82) is 0 Å². The fourth-order valence-electron chi connectivity index (χ4n) is 3.35. The normalized spacial score (nSPS) is 14.4. The Hall–Kier alpha value is -3.45. The molecule has 0 unspecified atom stereocenters. The maximum Gasteiger partial charge on any atom is 0.358 e. The maximum absolute atomic E-state index is 12.4. The first-order valence-electron chi connectivity index (χ1n) is 10.6. The van der Waals surface area contributed by atoms with Crippen molar-refractivity contribution in [3.8, 4) is 0 Å². The van der Waals surface area contributed by atoms with Crippen molar-refractivity contribution in [2.75, 3.05) is 30.8 Å². The zero-order valence-electron chi connectivity index (χ0n) is 19.6. The SMILES string of the molecule is CCN(CCNS(C)(=O)=O)c1ccc(N=C2C(C(=O)O)=Nn3c(C(=O)C(C)C)nnc32)c(C)c1. The van der Waals surface area contributed by atoms with E-state index in [-0.39, 0.29) is 41.3 Å². The number of ketones is 1. The Morgan fingerprint density at radius 2 is 1.97 bits per heavy atom. The molecule has 0 saturated carbocycles. The van der Waals surface area contributed by atoms with Gasteiger partial charge in [0.25, 0.3) is 0 Å². The van der Waals surface area contributed by atoms with Crippen molar-refractivity contribution < 1.29 is 23.1 Å². The van der Waals surface area contributed by atoms with Crippen LogP contribution in [0.2, 0.25) is 0 Å². The highest BCUT2D eigenvalue weighted by molar-refractivity contribution is 7.88. The summed E-state index contributed by atoms with van der Waals surface area (Å²) in [6.07, 6.45) is 1.11. The Morgan fingerprint density at radius 1 is 1.26 bits per heavy atom. The molecular weight excluding hydrogens is 462 g/mol. The van der Waals surface area contributed by atoms with E-state index in [1.807, 2.05) is 30.9 Å². The van der Waals surface area contributed by atoms with Crippen LogP contribution >= 0.6 is 0 Å². The van der Waals surface area contributed by atoms with E-state index in [9.17, 15) is 23.1 Å². The van der Waals surface area contributed by atoms with Crippen LogP contribution in [-0.4, -0.2) is 77.5 Å². The second kappa shape index (κ2) is 9.81. The smallest absolute Gasteiger partial charge is 0.358 e. The summed E-state index contributed by atoms with van der Waals surface area (Å²) in [7, 11) is -3.27. The van der Waals surface area contributed by atoms with Gasteiger partial charge in [-0.15, -0.1) is 10.2 Å². The number of anilines is 1. The Balaban J connectivity index is 1.93. The number of carbonyl (C=O) groups excluding carboxylic acids is 1. The zero-order valence-corrected chi connectivity index (χ0v) is 20.4. The summed E-state index contributed by atoms with van der Waals surface area (Å²) < 4.78 is 26.2. The maximum atomic E-state index is 12.4. The second-order valence-electron chi connectivity index (χ2n) is 8.11. The van der Waals surface area contributed by atoms with Gasteiger partial charge in [-0.2, -0.15) is 9.78 Å². The number of fused-ring (bicyclic) bond motifs is 1. The summed E-state index contributed by atoms with van der Waals surface area (Å²) >= 11 is 0. The molecule has 12 nitrogen and oxygen atoms in total. The number of benzene rings is 1. The first-order valence-corrected chi connectivity index (χ1v) is 12.5. The number of nitrogens with zero attached hydrogens (tertiary/aromatic N) is 6. The minimum absolute atomic E-state index is 0.0170. The van der Waals surface area contributed by atoms with E-state index in [0.29, 0.717) is 18.8 Å². The lowest BCUT2D eigenvalue weighted by atomic mass is 10.1. The lowest BCUT2D eigenvalue weighted by Crippen LogP contribution is -2.34. The Labute approximate surface area is 197 Å². The standard InChI is InChI=1S/C21H27N7O5S/c1-6-27(10-9-22-34(5,32)33)14-7-8-15(13(4)11-14)23-16-17(21(30)31)26-28-19(16)24-25-20(28)18(29)12(2)3/h7-8,11-12,22H,6,9-10H2,1-5H3,(H,30,31). The van der Waals surface area contributed by atoms with Crippen molar-refractivity contribution in [2.24, 2.45) is 16.0 Å². The number of Topliss-reactive ketones (excluding diaryl/α,β-unsaturated/α-hetero) is 1. The predicted octanol–water partition coefficient (Wildman–Crippen LogP) is 1.22. The largest absolute Gasteiger partial charge is 0.476 e. The number of nitrogens with one attached hydrogen (secondary N) is 1. The van der Waals surface area contributed by atoms with Crippen molar-refractivity contribution in [1.82, 2.24) is 19.6 Å². The molecule has 182 valence electrons. The summed E-state index contributed by atoms with van der Waals surface area (Å²) in [4.78, 5) is 30.7. The lowest BCUT2D eigenvalue weighted by Gasteiger charge is -2.23. The number of likely N-dealkylation sites (N-methyl/N-ethyl adjacent to an activating group) is 1. The van der Waals surface area contributed by atoms with Crippen LogP contribution < -0.4 is 9.62 Å². The molecule has 13 heteroatoms. The van der Waals surface area contributed by atoms with Crippen LogP contribution in [0.15, 0.2) is 28.3 Å². The number of carbonyl (C=O) groups is 2. The molecule has 2 N–H and O–H groups in total. The number of carboxylic acid groups (broad SMARTS) is 1. The first kappa shape index (κ1) is 25.2. The van der Waals surface area contributed by atoms with Gasteiger partial charge in [0, 0.05) is 31.2 Å². The molecular formula is C21H27N7O5S. The molecule has 0 aliphatic carbocycles. The van der Waals surface area contributed by atoms with E-state index < -0.39 is 16.0 Å². The van der Waals surface area contributed by atoms with Gasteiger partial charge in [-0.1, -0.05) is 13.8 Å². The number of sulfonamides is 1. The molecule has 2 heterocycles. The highest BCUT2D eigenvalue weighted by atomic mass is 32.2. The monoisotopic (exact) mass is 489 g/mol. The molecule has 0 fully saturated rings. The van der Waals surface area contributed by atoms with E-state index in [0.717, 1.165) is 22.2 Å². The molecule has 1 aromatic heterocycles. The highest BCUT2D eigenvalue weighted by Gasteiger charge is 2.34. The van der Waals surface area contributed by atoms with Gasteiger partial charge in [0.2, 0.25) is 27.5 Å². The van der Waals surface area contributed by atoms with E-state index in [1.165, 1.54) is 0 Å². The topological polar surface area (TPSA) is 159 Å². The van der Waals surface area contributed by atoms with Gasteiger partial charge >= 0.3 is 5.97 Å². The molecule has 2 aromatic rings. The molecule has 1 aliphatic heterocycles. The molecule has 1 aliphatic rings. The minimum Gasteiger partial charge on any atom is -0.476 e. The van der Waals surface area contributed by atoms with Gasteiger partial charge in [-0.25, -0.2) is 22.9 Å². The van der Waals surface area contributed by atoms with Crippen LogP contribution in [0.25, 0.3) is 0 Å².